The lowest BCUT2D eigenvalue weighted by atomic mass is 9.76. The van der Waals surface area contributed by atoms with Crippen molar-refractivity contribution in [3.05, 3.63) is 144 Å². The predicted octanol–water partition coefficient (Wildman–Crippen LogP) is 6.10. The summed E-state index contributed by atoms with van der Waals surface area (Å²) in [6.45, 7) is 0.0274. The molecule has 0 saturated carbocycles. The van der Waals surface area contributed by atoms with Gasteiger partial charge in [0.25, 0.3) is 0 Å². The average Bonchev–Trinajstić information content (AvgIpc) is 2.83. The molecule has 2 N–H and O–H groups in total. The van der Waals surface area contributed by atoms with E-state index in [1.165, 1.54) is 16.7 Å². The minimum Gasteiger partial charge on any atom is -0.392 e. The van der Waals surface area contributed by atoms with Crippen molar-refractivity contribution < 1.29 is 5.11 Å². The molecule has 0 heterocycles. The summed E-state index contributed by atoms with van der Waals surface area (Å²) in [6, 6.07) is 39.9. The SMILES string of the molecule is OCC=Cc1cccc(NC(c2ccccc2)(c2ccccc2)c2ccccc2)c1. The maximum absolute atomic E-state index is 9.13. The minimum atomic E-state index is -0.552. The van der Waals surface area contributed by atoms with Crippen LogP contribution in [0.4, 0.5) is 5.69 Å². The highest BCUT2D eigenvalue weighted by Gasteiger charge is 2.36. The molecule has 0 radical (unpaired) electrons. The lowest BCUT2D eigenvalue weighted by Gasteiger charge is -2.38. The van der Waals surface area contributed by atoms with Crippen LogP contribution in [-0.4, -0.2) is 11.7 Å². The maximum atomic E-state index is 9.13. The van der Waals surface area contributed by atoms with Crippen molar-refractivity contribution in [2.45, 2.75) is 5.54 Å². The quantitative estimate of drug-likeness (QED) is 0.373. The van der Waals surface area contributed by atoms with Gasteiger partial charge in [-0.2, -0.15) is 0 Å². The number of hydrogen-bond donors (Lipinski definition) is 2. The van der Waals surface area contributed by atoms with Gasteiger partial charge in [0.2, 0.25) is 0 Å². The van der Waals surface area contributed by atoms with E-state index in [9.17, 15) is 0 Å². The summed E-state index contributed by atoms with van der Waals surface area (Å²) in [5.74, 6) is 0. The van der Waals surface area contributed by atoms with Gasteiger partial charge in [-0.05, 0) is 34.4 Å². The molecular weight excluding hydrogens is 366 g/mol. The highest BCUT2D eigenvalue weighted by atomic mass is 16.2. The number of nitrogens with one attached hydrogen (secondary N) is 1. The Bertz CT molecular complexity index is 992. The zero-order chi connectivity index (χ0) is 20.7. The van der Waals surface area contributed by atoms with Crippen LogP contribution in [0, 0.1) is 0 Å². The number of rotatable bonds is 7. The second kappa shape index (κ2) is 9.25. The third-order valence-electron chi connectivity index (χ3n) is 5.25. The van der Waals surface area contributed by atoms with Gasteiger partial charge in [0.1, 0.15) is 5.54 Å². The fourth-order valence-electron chi connectivity index (χ4n) is 3.91. The molecule has 0 aliphatic rings. The van der Waals surface area contributed by atoms with Crippen molar-refractivity contribution in [2.24, 2.45) is 0 Å². The predicted molar refractivity (Wildman–Crippen MR) is 125 cm³/mol. The standard InChI is InChI=1S/C28H25NO/c30-21-11-13-23-12-10-20-27(22-23)29-28(24-14-4-1-5-15-24,25-16-6-2-7-17-25)26-18-8-3-9-19-26/h1-20,22,29-30H,21H2. The molecule has 4 aromatic carbocycles. The summed E-state index contributed by atoms with van der Waals surface area (Å²) < 4.78 is 0. The average molecular weight is 392 g/mol. The second-order valence-corrected chi connectivity index (χ2v) is 7.18. The first-order chi connectivity index (χ1) is 14.8. The Morgan fingerprint density at radius 1 is 0.633 bits per heavy atom. The molecule has 0 aliphatic heterocycles. The lowest BCUT2D eigenvalue weighted by molar-refractivity contribution is 0.343. The van der Waals surface area contributed by atoms with Crippen LogP contribution < -0.4 is 5.32 Å². The number of hydrogen-bond acceptors (Lipinski definition) is 2. The largest absolute Gasteiger partial charge is 0.392 e. The van der Waals surface area contributed by atoms with Crippen molar-refractivity contribution in [3.8, 4) is 0 Å². The van der Waals surface area contributed by atoms with Crippen molar-refractivity contribution >= 4 is 11.8 Å². The van der Waals surface area contributed by atoms with Crippen LogP contribution in [0.15, 0.2) is 121 Å². The second-order valence-electron chi connectivity index (χ2n) is 7.18. The van der Waals surface area contributed by atoms with Crippen molar-refractivity contribution in [1.29, 1.82) is 0 Å². The molecule has 2 nitrogen and oxygen atoms in total. The van der Waals surface area contributed by atoms with Gasteiger partial charge < -0.3 is 10.4 Å². The lowest BCUT2D eigenvalue weighted by Crippen LogP contribution is -2.38. The summed E-state index contributed by atoms with van der Waals surface area (Å²) in [6.07, 6.45) is 3.68. The molecule has 2 heteroatoms. The van der Waals surface area contributed by atoms with Gasteiger partial charge in [-0.3, -0.25) is 0 Å². The summed E-state index contributed by atoms with van der Waals surface area (Å²) in [5.41, 5.74) is 4.99. The molecule has 0 saturated heterocycles. The van der Waals surface area contributed by atoms with Gasteiger partial charge >= 0.3 is 0 Å². The van der Waals surface area contributed by atoms with Gasteiger partial charge in [-0.1, -0.05) is 115 Å². The smallest absolute Gasteiger partial charge is 0.114 e. The molecule has 0 aromatic heterocycles. The Kier molecular flexibility index (Phi) is 6.07. The monoisotopic (exact) mass is 391 g/mol. The molecule has 4 rings (SSSR count). The Morgan fingerprint density at radius 3 is 1.60 bits per heavy atom. The first-order valence-electron chi connectivity index (χ1n) is 10.1. The highest BCUT2D eigenvalue weighted by molar-refractivity contribution is 5.63. The Morgan fingerprint density at radius 2 is 1.13 bits per heavy atom. The van der Waals surface area contributed by atoms with E-state index in [1.807, 2.05) is 36.4 Å². The Balaban J connectivity index is 1.93. The number of anilines is 1. The van der Waals surface area contributed by atoms with E-state index in [0.717, 1.165) is 11.3 Å². The third-order valence-corrected chi connectivity index (χ3v) is 5.25. The third kappa shape index (κ3) is 4.05. The number of aliphatic hydroxyl groups is 1. The molecule has 0 bridgehead atoms. The van der Waals surface area contributed by atoms with Gasteiger partial charge in [-0.25, -0.2) is 0 Å². The fourth-order valence-corrected chi connectivity index (χ4v) is 3.91. The van der Waals surface area contributed by atoms with E-state index in [1.54, 1.807) is 6.08 Å². The van der Waals surface area contributed by atoms with Crippen LogP contribution in [0.1, 0.15) is 22.3 Å². The summed E-state index contributed by atoms with van der Waals surface area (Å²) in [7, 11) is 0. The van der Waals surface area contributed by atoms with Crippen molar-refractivity contribution in [2.75, 3.05) is 11.9 Å². The van der Waals surface area contributed by atoms with Crippen molar-refractivity contribution in [3.63, 3.8) is 0 Å². The normalized spacial score (nSPS) is 11.5. The molecule has 0 atom stereocenters. The molecule has 30 heavy (non-hydrogen) atoms. The Labute approximate surface area is 178 Å². The molecule has 4 aromatic rings. The van der Waals surface area contributed by atoms with Crippen molar-refractivity contribution in [1.82, 2.24) is 0 Å². The summed E-state index contributed by atoms with van der Waals surface area (Å²) in [4.78, 5) is 0. The van der Waals surface area contributed by atoms with E-state index in [0.29, 0.717) is 0 Å². The minimum absolute atomic E-state index is 0.0274. The van der Waals surface area contributed by atoms with E-state index in [-0.39, 0.29) is 6.61 Å². The highest BCUT2D eigenvalue weighted by Crippen LogP contribution is 2.40. The molecule has 0 unspecified atom stereocenters. The van der Waals surface area contributed by atoms with E-state index in [2.05, 4.69) is 90.2 Å². The van der Waals surface area contributed by atoms with E-state index >= 15 is 0 Å². The first-order valence-corrected chi connectivity index (χ1v) is 10.1. The first kappa shape index (κ1) is 19.7. The molecule has 148 valence electrons. The van der Waals surface area contributed by atoms with Gasteiger partial charge in [0, 0.05) is 5.69 Å². The zero-order valence-electron chi connectivity index (χ0n) is 16.8. The summed E-state index contributed by atoms with van der Waals surface area (Å²) >= 11 is 0. The van der Waals surface area contributed by atoms with Gasteiger partial charge in [-0.15, -0.1) is 0 Å². The fraction of sp³-hybridized carbons (Fsp3) is 0.0714. The molecule has 0 spiro atoms. The molecule has 0 fully saturated rings. The van der Waals surface area contributed by atoms with Crippen LogP contribution >= 0.6 is 0 Å². The number of benzene rings is 4. The van der Waals surface area contributed by atoms with Crippen LogP contribution in [0.2, 0.25) is 0 Å². The van der Waals surface area contributed by atoms with Crippen LogP contribution in [-0.2, 0) is 5.54 Å². The molecule has 0 amide bonds. The van der Waals surface area contributed by atoms with Gasteiger partial charge in [0.05, 0.1) is 6.61 Å². The maximum Gasteiger partial charge on any atom is 0.114 e. The van der Waals surface area contributed by atoms with Crippen LogP contribution in [0.25, 0.3) is 6.08 Å². The number of aliphatic hydroxyl groups excluding tert-OH is 1. The molecular formula is C28H25NO. The van der Waals surface area contributed by atoms with Gasteiger partial charge in [0.15, 0.2) is 0 Å². The van der Waals surface area contributed by atoms with Crippen LogP contribution in [0.5, 0.6) is 0 Å². The van der Waals surface area contributed by atoms with E-state index < -0.39 is 5.54 Å². The van der Waals surface area contributed by atoms with E-state index in [4.69, 9.17) is 5.11 Å². The molecule has 0 aliphatic carbocycles. The topological polar surface area (TPSA) is 32.3 Å². The van der Waals surface area contributed by atoms with Crippen LogP contribution in [0.3, 0.4) is 0 Å². The summed E-state index contributed by atoms with van der Waals surface area (Å²) in [5, 5.41) is 13.0. The Hall–Kier alpha value is -3.62. The zero-order valence-corrected chi connectivity index (χ0v) is 16.8.